The minimum absolute atomic E-state index is 0.233. The topological polar surface area (TPSA) is 41.6 Å². The van der Waals surface area contributed by atoms with Crippen LogP contribution < -0.4 is 5.32 Å². The maximum absolute atomic E-state index is 12.2. The molecule has 78 valence electrons. The summed E-state index contributed by atoms with van der Waals surface area (Å²) in [5.74, 6) is 0.233. The Hall–Kier alpha value is -0.610. The molecule has 3 aliphatic rings. The van der Waals surface area contributed by atoms with E-state index in [4.69, 9.17) is 4.74 Å². The van der Waals surface area contributed by atoms with Gasteiger partial charge in [-0.25, -0.2) is 0 Å². The second kappa shape index (κ2) is 2.94. The highest BCUT2D eigenvalue weighted by Gasteiger charge is 2.50. The SMILES string of the molecule is O=C1N(C2CC2)CCO[C@]12CCNC2. The average Bonchev–Trinajstić information content (AvgIpc) is 2.92. The number of morpholine rings is 1. The lowest BCUT2D eigenvalue weighted by Gasteiger charge is -2.39. The number of hydrogen-bond donors (Lipinski definition) is 1. The quantitative estimate of drug-likeness (QED) is 0.628. The summed E-state index contributed by atoms with van der Waals surface area (Å²) < 4.78 is 5.69. The molecule has 0 aromatic carbocycles. The lowest BCUT2D eigenvalue weighted by molar-refractivity contribution is -0.169. The first kappa shape index (κ1) is 8.68. The highest BCUT2D eigenvalue weighted by atomic mass is 16.5. The Morgan fingerprint density at radius 3 is 3.00 bits per heavy atom. The van der Waals surface area contributed by atoms with Crippen LogP contribution in [0.15, 0.2) is 0 Å². The molecule has 2 aliphatic heterocycles. The number of hydrogen-bond acceptors (Lipinski definition) is 3. The zero-order chi connectivity index (χ0) is 9.60. The fourth-order valence-electron chi connectivity index (χ4n) is 2.47. The molecule has 1 N–H and O–H groups in total. The number of amides is 1. The van der Waals surface area contributed by atoms with Crippen LogP contribution in [0, 0.1) is 0 Å². The predicted molar refractivity (Wildman–Crippen MR) is 50.9 cm³/mol. The lowest BCUT2D eigenvalue weighted by atomic mass is 9.99. The van der Waals surface area contributed by atoms with Crippen LogP contribution in [0.1, 0.15) is 19.3 Å². The highest BCUT2D eigenvalue weighted by Crippen LogP contribution is 2.34. The number of ether oxygens (including phenoxy) is 1. The Bertz CT molecular complexity index is 257. The van der Waals surface area contributed by atoms with E-state index in [0.717, 1.165) is 19.5 Å². The Morgan fingerprint density at radius 1 is 1.50 bits per heavy atom. The van der Waals surface area contributed by atoms with Gasteiger partial charge >= 0.3 is 0 Å². The van der Waals surface area contributed by atoms with E-state index in [1.807, 2.05) is 4.90 Å². The first-order chi connectivity index (χ1) is 6.82. The van der Waals surface area contributed by atoms with Crippen molar-refractivity contribution in [3.63, 3.8) is 0 Å². The van der Waals surface area contributed by atoms with Crippen LogP contribution in [0.25, 0.3) is 0 Å². The first-order valence-electron chi connectivity index (χ1n) is 5.48. The van der Waals surface area contributed by atoms with Crippen LogP contribution in [0.4, 0.5) is 0 Å². The third kappa shape index (κ3) is 1.17. The summed E-state index contributed by atoms with van der Waals surface area (Å²) >= 11 is 0. The van der Waals surface area contributed by atoms with Crippen molar-refractivity contribution in [3.8, 4) is 0 Å². The summed E-state index contributed by atoms with van der Waals surface area (Å²) in [6.45, 7) is 3.12. The van der Waals surface area contributed by atoms with Crippen LogP contribution in [0.5, 0.6) is 0 Å². The van der Waals surface area contributed by atoms with Gasteiger partial charge in [-0.2, -0.15) is 0 Å². The van der Waals surface area contributed by atoms with Crippen molar-refractivity contribution < 1.29 is 9.53 Å². The van der Waals surface area contributed by atoms with E-state index >= 15 is 0 Å². The number of carbonyl (C=O) groups excluding carboxylic acids is 1. The van der Waals surface area contributed by atoms with E-state index in [9.17, 15) is 4.79 Å². The van der Waals surface area contributed by atoms with Gasteiger partial charge in [0.1, 0.15) is 0 Å². The highest BCUT2D eigenvalue weighted by molar-refractivity contribution is 5.87. The normalized spacial score (nSPS) is 38.3. The van der Waals surface area contributed by atoms with Gasteiger partial charge in [-0.15, -0.1) is 0 Å². The summed E-state index contributed by atoms with van der Waals surface area (Å²) in [6.07, 6.45) is 3.22. The number of nitrogens with zero attached hydrogens (tertiary/aromatic N) is 1. The molecular weight excluding hydrogens is 180 g/mol. The van der Waals surface area contributed by atoms with E-state index in [-0.39, 0.29) is 5.91 Å². The van der Waals surface area contributed by atoms with Gasteiger partial charge in [0.15, 0.2) is 5.60 Å². The van der Waals surface area contributed by atoms with E-state index in [2.05, 4.69) is 5.32 Å². The molecule has 2 saturated heterocycles. The zero-order valence-electron chi connectivity index (χ0n) is 8.29. The fraction of sp³-hybridized carbons (Fsp3) is 0.900. The maximum Gasteiger partial charge on any atom is 0.256 e. The molecule has 0 radical (unpaired) electrons. The number of rotatable bonds is 1. The molecule has 1 atom stereocenters. The number of nitrogens with one attached hydrogen (secondary N) is 1. The molecule has 3 rings (SSSR count). The van der Waals surface area contributed by atoms with E-state index in [0.29, 0.717) is 19.2 Å². The van der Waals surface area contributed by atoms with Gasteiger partial charge < -0.3 is 15.0 Å². The molecule has 1 amide bonds. The Morgan fingerprint density at radius 2 is 2.36 bits per heavy atom. The molecule has 4 nitrogen and oxygen atoms in total. The molecule has 0 unspecified atom stereocenters. The van der Waals surface area contributed by atoms with Gasteiger partial charge in [0.2, 0.25) is 0 Å². The molecule has 2 heterocycles. The van der Waals surface area contributed by atoms with Gasteiger partial charge in [0.05, 0.1) is 6.61 Å². The van der Waals surface area contributed by atoms with Crippen LogP contribution in [-0.2, 0) is 9.53 Å². The van der Waals surface area contributed by atoms with Crippen molar-refractivity contribution in [1.82, 2.24) is 10.2 Å². The van der Waals surface area contributed by atoms with E-state index in [1.54, 1.807) is 0 Å². The molecule has 0 aromatic rings. The first-order valence-corrected chi connectivity index (χ1v) is 5.48. The smallest absolute Gasteiger partial charge is 0.256 e. The van der Waals surface area contributed by atoms with Crippen LogP contribution >= 0.6 is 0 Å². The van der Waals surface area contributed by atoms with Crippen LogP contribution in [-0.4, -0.2) is 48.7 Å². The molecule has 0 bridgehead atoms. The lowest BCUT2D eigenvalue weighted by Crippen LogP contribution is -2.58. The summed E-state index contributed by atoms with van der Waals surface area (Å²) in [6, 6.07) is 0.531. The Balaban J connectivity index is 1.81. The molecule has 4 heteroatoms. The van der Waals surface area contributed by atoms with Crippen molar-refractivity contribution in [2.75, 3.05) is 26.2 Å². The summed E-state index contributed by atoms with van der Waals surface area (Å²) in [4.78, 5) is 14.2. The predicted octanol–water partition coefficient (Wildman–Crippen LogP) is -0.260. The minimum Gasteiger partial charge on any atom is -0.362 e. The zero-order valence-corrected chi connectivity index (χ0v) is 8.29. The molecule has 3 fully saturated rings. The standard InChI is InChI=1S/C10H16N2O2/c13-9-10(3-4-11-7-10)14-6-5-12(9)8-1-2-8/h8,11H,1-7H2/t10-/m0/s1. The average molecular weight is 196 g/mol. The second-order valence-corrected chi connectivity index (χ2v) is 4.50. The minimum atomic E-state index is -0.499. The molecule has 1 aliphatic carbocycles. The fourth-order valence-corrected chi connectivity index (χ4v) is 2.47. The number of carbonyl (C=O) groups is 1. The van der Waals surface area contributed by atoms with Crippen molar-refractivity contribution in [3.05, 3.63) is 0 Å². The van der Waals surface area contributed by atoms with Crippen LogP contribution in [0.3, 0.4) is 0 Å². The van der Waals surface area contributed by atoms with E-state index in [1.165, 1.54) is 12.8 Å². The third-order valence-corrected chi connectivity index (χ3v) is 3.46. The molecule has 1 saturated carbocycles. The third-order valence-electron chi connectivity index (χ3n) is 3.46. The summed E-state index contributed by atoms with van der Waals surface area (Å²) in [5, 5.41) is 3.22. The molecule has 0 aromatic heterocycles. The van der Waals surface area contributed by atoms with Crippen molar-refractivity contribution in [1.29, 1.82) is 0 Å². The monoisotopic (exact) mass is 196 g/mol. The largest absolute Gasteiger partial charge is 0.362 e. The van der Waals surface area contributed by atoms with Gasteiger partial charge in [0.25, 0.3) is 5.91 Å². The van der Waals surface area contributed by atoms with Gasteiger partial charge in [0, 0.05) is 19.1 Å². The summed E-state index contributed by atoms with van der Waals surface area (Å²) in [7, 11) is 0. The van der Waals surface area contributed by atoms with Crippen LogP contribution in [0.2, 0.25) is 0 Å². The second-order valence-electron chi connectivity index (χ2n) is 4.50. The van der Waals surface area contributed by atoms with Gasteiger partial charge in [-0.1, -0.05) is 0 Å². The maximum atomic E-state index is 12.2. The van der Waals surface area contributed by atoms with Crippen molar-refractivity contribution in [2.24, 2.45) is 0 Å². The molecule has 1 spiro atoms. The van der Waals surface area contributed by atoms with E-state index < -0.39 is 5.60 Å². The van der Waals surface area contributed by atoms with Crippen molar-refractivity contribution >= 4 is 5.91 Å². The van der Waals surface area contributed by atoms with Gasteiger partial charge in [-0.3, -0.25) is 4.79 Å². The molecular formula is C10H16N2O2. The van der Waals surface area contributed by atoms with Gasteiger partial charge in [-0.05, 0) is 25.8 Å². The Labute approximate surface area is 83.6 Å². The van der Waals surface area contributed by atoms with Crippen molar-refractivity contribution in [2.45, 2.75) is 30.9 Å². The summed E-state index contributed by atoms with van der Waals surface area (Å²) in [5.41, 5.74) is -0.499. The Kier molecular flexibility index (Phi) is 1.82. The molecule has 14 heavy (non-hydrogen) atoms.